The number of hydrogen-bond donors (Lipinski definition) is 1. The molecule has 0 fully saturated rings. The van der Waals surface area contributed by atoms with E-state index in [1.807, 2.05) is 32.9 Å². The van der Waals surface area contributed by atoms with E-state index in [9.17, 15) is 4.79 Å². The van der Waals surface area contributed by atoms with E-state index in [-0.39, 0.29) is 17.9 Å². The van der Waals surface area contributed by atoms with Crippen LogP contribution in [0.25, 0.3) is 0 Å². The van der Waals surface area contributed by atoms with Gasteiger partial charge in [0.05, 0.1) is 12.0 Å². The molecule has 0 aliphatic heterocycles. The van der Waals surface area contributed by atoms with Crippen molar-refractivity contribution >= 4 is 5.97 Å². The van der Waals surface area contributed by atoms with Gasteiger partial charge in [0.2, 0.25) is 0 Å². The molecule has 1 N–H and O–H groups in total. The van der Waals surface area contributed by atoms with Crippen molar-refractivity contribution in [2.24, 2.45) is 11.8 Å². The highest BCUT2D eigenvalue weighted by atomic mass is 16.5. The van der Waals surface area contributed by atoms with Crippen LogP contribution in [0.1, 0.15) is 34.1 Å². The summed E-state index contributed by atoms with van der Waals surface area (Å²) in [5.74, 6) is -0.743. The molecule has 88 valence electrons. The Morgan fingerprint density at radius 2 is 2.00 bits per heavy atom. The minimum atomic E-state index is -0.733. The third-order valence-electron chi connectivity index (χ3n) is 2.28. The van der Waals surface area contributed by atoms with E-state index in [4.69, 9.17) is 9.84 Å². The molecular formula is C12H22O3. The Labute approximate surface area is 92.1 Å². The number of rotatable bonds is 7. The Morgan fingerprint density at radius 1 is 1.40 bits per heavy atom. The summed E-state index contributed by atoms with van der Waals surface area (Å²) in [5, 5.41) is 8.74. The summed E-state index contributed by atoms with van der Waals surface area (Å²) in [5.41, 5.74) is 0. The molecule has 0 rings (SSSR count). The fraction of sp³-hybridized carbons (Fsp3) is 0.750. The maximum Gasteiger partial charge on any atom is 0.306 e. The van der Waals surface area contributed by atoms with E-state index in [1.54, 1.807) is 6.92 Å². The second-order valence-electron chi connectivity index (χ2n) is 4.14. The molecule has 0 amide bonds. The molecule has 3 atom stereocenters. The van der Waals surface area contributed by atoms with Gasteiger partial charge >= 0.3 is 5.97 Å². The zero-order chi connectivity index (χ0) is 11.8. The van der Waals surface area contributed by atoms with E-state index >= 15 is 0 Å². The molecule has 0 radical (unpaired) electrons. The summed E-state index contributed by atoms with van der Waals surface area (Å²) >= 11 is 0. The molecule has 0 aromatic rings. The SMILES string of the molecule is C/C=C\C(C)OCC(C)CC(C)C(=O)O. The van der Waals surface area contributed by atoms with E-state index in [0.29, 0.717) is 13.0 Å². The average molecular weight is 214 g/mol. The van der Waals surface area contributed by atoms with Crippen LogP contribution in [0.15, 0.2) is 12.2 Å². The molecule has 0 aliphatic rings. The number of allylic oxidation sites excluding steroid dienone is 1. The van der Waals surface area contributed by atoms with Gasteiger partial charge < -0.3 is 9.84 Å². The first-order chi connectivity index (χ1) is 6.97. The quantitative estimate of drug-likeness (QED) is 0.663. The van der Waals surface area contributed by atoms with E-state index in [2.05, 4.69) is 0 Å². The number of ether oxygens (including phenoxy) is 1. The predicted molar refractivity (Wildman–Crippen MR) is 60.8 cm³/mol. The van der Waals surface area contributed by atoms with E-state index < -0.39 is 5.97 Å². The Hall–Kier alpha value is -0.830. The molecular weight excluding hydrogens is 192 g/mol. The second-order valence-corrected chi connectivity index (χ2v) is 4.14. The Morgan fingerprint density at radius 3 is 2.47 bits per heavy atom. The van der Waals surface area contributed by atoms with Crippen molar-refractivity contribution in [3.05, 3.63) is 12.2 Å². The third kappa shape index (κ3) is 7.14. The van der Waals surface area contributed by atoms with Crippen molar-refractivity contribution in [1.29, 1.82) is 0 Å². The summed E-state index contributed by atoms with van der Waals surface area (Å²) in [7, 11) is 0. The van der Waals surface area contributed by atoms with Gasteiger partial charge in [0.15, 0.2) is 0 Å². The van der Waals surface area contributed by atoms with Crippen LogP contribution in [0.5, 0.6) is 0 Å². The largest absolute Gasteiger partial charge is 0.481 e. The lowest BCUT2D eigenvalue weighted by Gasteiger charge is -2.16. The lowest BCUT2D eigenvalue weighted by Crippen LogP contribution is -2.18. The fourth-order valence-electron chi connectivity index (χ4n) is 1.42. The van der Waals surface area contributed by atoms with Crippen LogP contribution >= 0.6 is 0 Å². The van der Waals surface area contributed by atoms with Crippen molar-refractivity contribution in [1.82, 2.24) is 0 Å². The van der Waals surface area contributed by atoms with Crippen molar-refractivity contribution < 1.29 is 14.6 Å². The smallest absolute Gasteiger partial charge is 0.306 e. The summed E-state index contributed by atoms with van der Waals surface area (Å²) in [6.07, 6.45) is 4.71. The monoisotopic (exact) mass is 214 g/mol. The summed E-state index contributed by atoms with van der Waals surface area (Å²) in [6, 6.07) is 0. The molecule has 0 heterocycles. The van der Waals surface area contributed by atoms with Crippen LogP contribution in [0.2, 0.25) is 0 Å². The number of carbonyl (C=O) groups is 1. The van der Waals surface area contributed by atoms with Crippen molar-refractivity contribution in [2.75, 3.05) is 6.61 Å². The number of aliphatic carboxylic acids is 1. The van der Waals surface area contributed by atoms with Crippen LogP contribution in [0.3, 0.4) is 0 Å². The minimum absolute atomic E-state index is 0.109. The molecule has 0 saturated heterocycles. The highest BCUT2D eigenvalue weighted by Gasteiger charge is 2.15. The van der Waals surface area contributed by atoms with Crippen LogP contribution in [0.4, 0.5) is 0 Å². The van der Waals surface area contributed by atoms with Gasteiger partial charge in [-0.2, -0.15) is 0 Å². The van der Waals surface area contributed by atoms with Gasteiger partial charge in [0.25, 0.3) is 0 Å². The molecule has 0 saturated carbocycles. The van der Waals surface area contributed by atoms with Gasteiger partial charge in [0.1, 0.15) is 0 Å². The number of carboxylic acids is 1. The summed E-state index contributed by atoms with van der Waals surface area (Å²) < 4.78 is 5.55. The molecule has 3 unspecified atom stereocenters. The molecule has 15 heavy (non-hydrogen) atoms. The lowest BCUT2D eigenvalue weighted by molar-refractivity contribution is -0.141. The molecule has 0 spiro atoms. The molecule has 0 aliphatic carbocycles. The Balaban J connectivity index is 3.74. The first-order valence-corrected chi connectivity index (χ1v) is 5.44. The average Bonchev–Trinajstić information content (AvgIpc) is 2.15. The van der Waals surface area contributed by atoms with E-state index in [0.717, 1.165) is 0 Å². The van der Waals surface area contributed by atoms with Crippen LogP contribution in [0, 0.1) is 11.8 Å². The van der Waals surface area contributed by atoms with Crippen LogP contribution < -0.4 is 0 Å². The first-order valence-electron chi connectivity index (χ1n) is 5.44. The molecule has 0 aromatic carbocycles. The topological polar surface area (TPSA) is 46.5 Å². The maximum atomic E-state index is 10.6. The minimum Gasteiger partial charge on any atom is -0.481 e. The highest BCUT2D eigenvalue weighted by molar-refractivity contribution is 5.69. The van der Waals surface area contributed by atoms with Gasteiger partial charge in [-0.05, 0) is 26.2 Å². The predicted octanol–water partition coefficient (Wildman–Crippen LogP) is 2.71. The van der Waals surface area contributed by atoms with Gasteiger partial charge in [-0.3, -0.25) is 4.79 Å². The Kier molecular flexibility index (Phi) is 7.05. The molecule has 3 nitrogen and oxygen atoms in total. The standard InChI is InChI=1S/C12H22O3/c1-5-6-11(4)15-8-9(2)7-10(3)12(13)14/h5-6,9-11H,7-8H2,1-4H3,(H,13,14)/b6-5-. The van der Waals surface area contributed by atoms with Crippen molar-refractivity contribution in [2.45, 2.75) is 40.2 Å². The van der Waals surface area contributed by atoms with Crippen LogP contribution in [-0.2, 0) is 9.53 Å². The van der Waals surface area contributed by atoms with Crippen molar-refractivity contribution in [3.8, 4) is 0 Å². The summed E-state index contributed by atoms with van der Waals surface area (Å²) in [6.45, 7) is 8.29. The fourth-order valence-corrected chi connectivity index (χ4v) is 1.42. The van der Waals surface area contributed by atoms with Crippen molar-refractivity contribution in [3.63, 3.8) is 0 Å². The van der Waals surface area contributed by atoms with E-state index in [1.165, 1.54) is 0 Å². The number of hydrogen-bond acceptors (Lipinski definition) is 2. The van der Waals surface area contributed by atoms with Gasteiger partial charge in [-0.1, -0.05) is 26.0 Å². The number of carboxylic acid groups (broad SMARTS) is 1. The Bertz CT molecular complexity index is 211. The van der Waals surface area contributed by atoms with Gasteiger partial charge in [-0.25, -0.2) is 0 Å². The normalized spacial score (nSPS) is 17.6. The highest BCUT2D eigenvalue weighted by Crippen LogP contribution is 2.13. The van der Waals surface area contributed by atoms with Gasteiger partial charge in [0, 0.05) is 6.61 Å². The van der Waals surface area contributed by atoms with Gasteiger partial charge in [-0.15, -0.1) is 0 Å². The third-order valence-corrected chi connectivity index (χ3v) is 2.28. The molecule has 0 aromatic heterocycles. The zero-order valence-electron chi connectivity index (χ0n) is 10.1. The zero-order valence-corrected chi connectivity index (χ0v) is 10.1. The molecule has 3 heteroatoms. The second kappa shape index (κ2) is 7.46. The maximum absolute atomic E-state index is 10.6. The first kappa shape index (κ1) is 14.2. The summed E-state index contributed by atoms with van der Waals surface area (Å²) in [4.78, 5) is 10.6. The molecule has 0 bridgehead atoms. The lowest BCUT2D eigenvalue weighted by atomic mass is 9.98. The van der Waals surface area contributed by atoms with Crippen LogP contribution in [-0.4, -0.2) is 23.8 Å².